The minimum absolute atomic E-state index is 0.0571. The van der Waals surface area contributed by atoms with Crippen molar-refractivity contribution in [2.45, 2.75) is 31.7 Å². The summed E-state index contributed by atoms with van der Waals surface area (Å²) in [7, 11) is 1.85. The van der Waals surface area contributed by atoms with E-state index < -0.39 is 0 Å². The van der Waals surface area contributed by atoms with Gasteiger partial charge in [-0.05, 0) is 37.8 Å². The van der Waals surface area contributed by atoms with Crippen molar-refractivity contribution in [2.24, 2.45) is 7.05 Å². The summed E-state index contributed by atoms with van der Waals surface area (Å²) in [4.78, 5) is 14.1. The van der Waals surface area contributed by atoms with Crippen LogP contribution in [0.2, 0.25) is 0 Å². The van der Waals surface area contributed by atoms with Gasteiger partial charge >= 0.3 is 0 Å². The van der Waals surface area contributed by atoms with Gasteiger partial charge in [0.25, 0.3) is 0 Å². The molecule has 1 atom stereocenters. The molecule has 2 rings (SSSR count). The van der Waals surface area contributed by atoms with Crippen LogP contribution in [-0.2, 0) is 11.8 Å². The van der Waals surface area contributed by atoms with Crippen LogP contribution in [0.4, 0.5) is 0 Å². The summed E-state index contributed by atoms with van der Waals surface area (Å²) in [5, 5.41) is 12.9. The number of rotatable bonds is 5. The third kappa shape index (κ3) is 3.44. The Labute approximate surface area is 113 Å². The number of aromatic nitrogens is 2. The number of aliphatic hydroxyl groups excluding tert-OH is 1. The molecule has 1 aromatic heterocycles. The van der Waals surface area contributed by atoms with Crippen LogP contribution in [0.5, 0.6) is 0 Å². The average Bonchev–Trinajstić information content (AvgIpc) is 3.02. The van der Waals surface area contributed by atoms with E-state index in [1.165, 1.54) is 0 Å². The molecule has 104 valence electrons. The molecule has 5 nitrogen and oxygen atoms in total. The number of hydrogen-bond donors (Lipinski definition) is 1. The zero-order valence-corrected chi connectivity index (χ0v) is 11.3. The van der Waals surface area contributed by atoms with Crippen LogP contribution in [0, 0.1) is 0 Å². The normalized spacial score (nSPS) is 19.5. The molecule has 1 fully saturated rings. The zero-order valence-electron chi connectivity index (χ0n) is 11.3. The largest absolute Gasteiger partial charge is 0.396 e. The van der Waals surface area contributed by atoms with Gasteiger partial charge in [0.05, 0.1) is 5.69 Å². The van der Waals surface area contributed by atoms with E-state index in [2.05, 4.69) is 5.10 Å². The van der Waals surface area contributed by atoms with E-state index in [-0.39, 0.29) is 18.6 Å². The highest BCUT2D eigenvalue weighted by Gasteiger charge is 2.26. The summed E-state index contributed by atoms with van der Waals surface area (Å²) < 4.78 is 1.73. The minimum Gasteiger partial charge on any atom is -0.396 e. The second-order valence-electron chi connectivity index (χ2n) is 4.91. The highest BCUT2D eigenvalue weighted by molar-refractivity contribution is 5.91. The van der Waals surface area contributed by atoms with Gasteiger partial charge in [-0.1, -0.05) is 0 Å². The second kappa shape index (κ2) is 6.52. The third-order valence-electron chi connectivity index (χ3n) is 3.61. The highest BCUT2D eigenvalue weighted by Crippen LogP contribution is 2.21. The van der Waals surface area contributed by atoms with E-state index in [9.17, 15) is 4.79 Å². The molecule has 0 aromatic carbocycles. The molecule has 0 radical (unpaired) electrons. The van der Waals surface area contributed by atoms with Crippen LogP contribution in [0.15, 0.2) is 18.3 Å². The fourth-order valence-corrected chi connectivity index (χ4v) is 2.55. The molecule has 1 aromatic rings. The number of carbonyl (C=O) groups is 1. The SMILES string of the molecule is Cn1nccc1C=CC(=O)N1CCCC1CCCO. The first kappa shape index (κ1) is 13.8. The molecule has 1 aliphatic rings. The lowest BCUT2D eigenvalue weighted by Gasteiger charge is -2.23. The summed E-state index contributed by atoms with van der Waals surface area (Å²) in [6.07, 6.45) is 8.89. The van der Waals surface area contributed by atoms with Crippen LogP contribution < -0.4 is 0 Å². The number of nitrogens with zero attached hydrogens (tertiary/aromatic N) is 3. The van der Waals surface area contributed by atoms with Gasteiger partial charge in [-0.3, -0.25) is 9.48 Å². The van der Waals surface area contributed by atoms with Crippen LogP contribution in [0.1, 0.15) is 31.4 Å². The van der Waals surface area contributed by atoms with E-state index in [1.807, 2.05) is 18.0 Å². The smallest absolute Gasteiger partial charge is 0.246 e. The standard InChI is InChI=1S/C14H21N3O2/c1-16-12(8-9-15-16)6-7-14(19)17-10-2-4-13(17)5-3-11-18/h6-9,13,18H,2-5,10-11H2,1H3. The Morgan fingerprint density at radius 2 is 2.47 bits per heavy atom. The van der Waals surface area contributed by atoms with Crippen LogP contribution in [0.25, 0.3) is 6.08 Å². The van der Waals surface area contributed by atoms with Crippen LogP contribution >= 0.6 is 0 Å². The van der Waals surface area contributed by atoms with Crippen molar-refractivity contribution in [3.8, 4) is 0 Å². The first-order chi connectivity index (χ1) is 9.22. The lowest BCUT2D eigenvalue weighted by Crippen LogP contribution is -2.34. The quantitative estimate of drug-likeness (QED) is 0.812. The molecule has 1 amide bonds. The zero-order chi connectivity index (χ0) is 13.7. The lowest BCUT2D eigenvalue weighted by atomic mass is 10.1. The Kier molecular flexibility index (Phi) is 4.74. The molecule has 0 saturated carbocycles. The molecule has 19 heavy (non-hydrogen) atoms. The highest BCUT2D eigenvalue weighted by atomic mass is 16.3. The monoisotopic (exact) mass is 263 g/mol. The topological polar surface area (TPSA) is 58.4 Å². The molecule has 2 heterocycles. The van der Waals surface area contributed by atoms with Gasteiger partial charge in [-0.2, -0.15) is 5.10 Å². The number of likely N-dealkylation sites (tertiary alicyclic amines) is 1. The number of carbonyl (C=O) groups excluding carboxylic acids is 1. The van der Waals surface area contributed by atoms with Crippen molar-refractivity contribution < 1.29 is 9.90 Å². The van der Waals surface area contributed by atoms with Gasteiger partial charge in [0.2, 0.25) is 5.91 Å². The molecule has 0 bridgehead atoms. The molecule has 1 aliphatic heterocycles. The Bertz CT molecular complexity index is 453. The molecule has 0 aliphatic carbocycles. The van der Waals surface area contributed by atoms with Gasteiger partial charge in [0, 0.05) is 38.5 Å². The summed E-state index contributed by atoms with van der Waals surface area (Å²) in [5.74, 6) is 0.0571. The van der Waals surface area contributed by atoms with E-state index in [0.29, 0.717) is 0 Å². The summed E-state index contributed by atoms with van der Waals surface area (Å²) in [5.41, 5.74) is 0.916. The van der Waals surface area contributed by atoms with Crippen molar-refractivity contribution in [3.63, 3.8) is 0 Å². The maximum absolute atomic E-state index is 12.2. The third-order valence-corrected chi connectivity index (χ3v) is 3.61. The molecule has 0 spiro atoms. The summed E-state index contributed by atoms with van der Waals surface area (Å²) >= 11 is 0. The summed E-state index contributed by atoms with van der Waals surface area (Å²) in [6, 6.07) is 2.16. The Morgan fingerprint density at radius 3 is 3.16 bits per heavy atom. The maximum atomic E-state index is 12.2. The van der Waals surface area contributed by atoms with Crippen molar-refractivity contribution in [2.75, 3.05) is 13.2 Å². The number of hydrogen-bond acceptors (Lipinski definition) is 3. The Balaban J connectivity index is 1.95. The van der Waals surface area contributed by atoms with E-state index >= 15 is 0 Å². The van der Waals surface area contributed by atoms with E-state index in [0.717, 1.165) is 37.9 Å². The lowest BCUT2D eigenvalue weighted by molar-refractivity contribution is -0.126. The van der Waals surface area contributed by atoms with Crippen molar-refractivity contribution in [1.82, 2.24) is 14.7 Å². The predicted octanol–water partition coefficient (Wildman–Crippen LogP) is 1.20. The molecule has 1 saturated heterocycles. The average molecular weight is 263 g/mol. The predicted molar refractivity (Wildman–Crippen MR) is 73.3 cm³/mol. The number of amides is 1. The fraction of sp³-hybridized carbons (Fsp3) is 0.571. The van der Waals surface area contributed by atoms with E-state index in [1.54, 1.807) is 23.0 Å². The molecule has 5 heteroatoms. The molecular weight excluding hydrogens is 242 g/mol. The van der Waals surface area contributed by atoms with Crippen molar-refractivity contribution in [1.29, 1.82) is 0 Å². The number of aryl methyl sites for hydroxylation is 1. The van der Waals surface area contributed by atoms with Gasteiger partial charge in [-0.15, -0.1) is 0 Å². The summed E-state index contributed by atoms with van der Waals surface area (Å²) in [6.45, 7) is 1.02. The molecular formula is C14H21N3O2. The molecule has 1 N–H and O–H groups in total. The number of aliphatic hydroxyl groups is 1. The maximum Gasteiger partial charge on any atom is 0.246 e. The first-order valence-electron chi connectivity index (χ1n) is 6.80. The fourth-order valence-electron chi connectivity index (χ4n) is 2.55. The minimum atomic E-state index is 0.0571. The van der Waals surface area contributed by atoms with Crippen molar-refractivity contribution >= 4 is 12.0 Å². The van der Waals surface area contributed by atoms with Crippen LogP contribution in [-0.4, -0.2) is 44.9 Å². The van der Waals surface area contributed by atoms with Gasteiger partial charge in [0.15, 0.2) is 0 Å². The van der Waals surface area contributed by atoms with Gasteiger partial charge in [0.1, 0.15) is 0 Å². The van der Waals surface area contributed by atoms with Gasteiger partial charge in [-0.25, -0.2) is 0 Å². The first-order valence-corrected chi connectivity index (χ1v) is 6.80. The van der Waals surface area contributed by atoms with E-state index in [4.69, 9.17) is 5.11 Å². The second-order valence-corrected chi connectivity index (χ2v) is 4.91. The van der Waals surface area contributed by atoms with Crippen molar-refractivity contribution in [3.05, 3.63) is 24.0 Å². The Hall–Kier alpha value is -1.62. The Morgan fingerprint density at radius 1 is 1.63 bits per heavy atom. The molecule has 1 unspecified atom stereocenters. The van der Waals surface area contributed by atoms with Crippen LogP contribution in [0.3, 0.4) is 0 Å². The van der Waals surface area contributed by atoms with Gasteiger partial charge < -0.3 is 10.0 Å².